The van der Waals surface area contributed by atoms with E-state index in [2.05, 4.69) is 34.3 Å². The lowest BCUT2D eigenvalue weighted by atomic mass is 10.2. The van der Waals surface area contributed by atoms with Crippen LogP contribution in [0.4, 0.5) is 0 Å². The number of rotatable bonds is 6. The van der Waals surface area contributed by atoms with Crippen LogP contribution in [0.2, 0.25) is 0 Å². The predicted octanol–water partition coefficient (Wildman–Crippen LogP) is 0.900. The number of carbonyl (C=O) groups is 1. The molecule has 8 heteroatoms. The van der Waals surface area contributed by atoms with E-state index in [1.165, 1.54) is 11.8 Å². The molecule has 1 saturated heterocycles. The van der Waals surface area contributed by atoms with Gasteiger partial charge in [0.25, 0.3) is 0 Å². The summed E-state index contributed by atoms with van der Waals surface area (Å²) < 4.78 is 1.86. The van der Waals surface area contributed by atoms with Gasteiger partial charge in [0.15, 0.2) is 0 Å². The second-order valence-corrected chi connectivity index (χ2v) is 7.44. The normalized spacial score (nSPS) is 19.9. The predicted molar refractivity (Wildman–Crippen MR) is 84.7 cm³/mol. The number of amides is 1. The molecular formula is C14H24N6OS. The molecule has 0 bridgehead atoms. The zero-order chi connectivity index (χ0) is 15.5. The second kappa shape index (κ2) is 6.95. The van der Waals surface area contributed by atoms with Gasteiger partial charge >= 0.3 is 0 Å². The Labute approximate surface area is 135 Å². The van der Waals surface area contributed by atoms with Gasteiger partial charge in [-0.2, -0.15) is 0 Å². The molecule has 0 spiro atoms. The van der Waals surface area contributed by atoms with Crippen LogP contribution in [0.5, 0.6) is 0 Å². The van der Waals surface area contributed by atoms with Crippen LogP contribution in [0, 0.1) is 5.92 Å². The number of aromatic nitrogens is 4. The molecule has 0 aromatic carbocycles. The van der Waals surface area contributed by atoms with E-state index in [4.69, 9.17) is 0 Å². The van der Waals surface area contributed by atoms with Crippen molar-refractivity contribution in [3.05, 3.63) is 0 Å². The van der Waals surface area contributed by atoms with E-state index in [9.17, 15) is 4.79 Å². The number of hydrogen-bond donors (Lipinski definition) is 0. The molecule has 0 radical (unpaired) electrons. The van der Waals surface area contributed by atoms with Crippen molar-refractivity contribution in [1.82, 2.24) is 30.0 Å². The van der Waals surface area contributed by atoms with Crippen LogP contribution >= 0.6 is 11.8 Å². The Bertz CT molecular complexity index is 507. The Morgan fingerprint density at radius 2 is 2.00 bits per heavy atom. The molecule has 0 atom stereocenters. The number of thioether (sulfide) groups is 1. The van der Waals surface area contributed by atoms with Gasteiger partial charge in [-0.05, 0) is 29.2 Å². The fraction of sp³-hybridized carbons (Fsp3) is 0.857. The third-order valence-electron chi connectivity index (χ3n) is 4.03. The molecule has 1 aliphatic carbocycles. The van der Waals surface area contributed by atoms with Gasteiger partial charge in [0, 0.05) is 32.7 Å². The maximum atomic E-state index is 12.3. The molecule has 7 nitrogen and oxygen atoms in total. The molecule has 2 fully saturated rings. The van der Waals surface area contributed by atoms with Crippen LogP contribution < -0.4 is 0 Å². The summed E-state index contributed by atoms with van der Waals surface area (Å²) in [6.07, 6.45) is 2.29. The van der Waals surface area contributed by atoms with Gasteiger partial charge in [-0.15, -0.1) is 5.10 Å². The van der Waals surface area contributed by atoms with E-state index in [0.717, 1.165) is 50.7 Å². The van der Waals surface area contributed by atoms with Crippen LogP contribution in [-0.2, 0) is 4.79 Å². The van der Waals surface area contributed by atoms with E-state index < -0.39 is 0 Å². The minimum absolute atomic E-state index is 0.194. The lowest BCUT2D eigenvalue weighted by Crippen LogP contribution is -2.50. The first kappa shape index (κ1) is 15.7. The maximum Gasteiger partial charge on any atom is 0.233 e. The molecule has 3 rings (SSSR count). The minimum Gasteiger partial charge on any atom is -0.339 e. The summed E-state index contributed by atoms with van der Waals surface area (Å²) >= 11 is 1.46. The lowest BCUT2D eigenvalue weighted by molar-refractivity contribution is -0.130. The highest BCUT2D eigenvalue weighted by Gasteiger charge is 2.28. The minimum atomic E-state index is 0.194. The molecule has 1 aromatic heterocycles. The van der Waals surface area contributed by atoms with Gasteiger partial charge in [-0.3, -0.25) is 9.69 Å². The first-order valence-electron chi connectivity index (χ1n) is 8.04. The number of carbonyl (C=O) groups excluding carboxylic acids is 1. The monoisotopic (exact) mass is 324 g/mol. The molecule has 2 aliphatic rings. The largest absolute Gasteiger partial charge is 0.339 e. The van der Waals surface area contributed by atoms with Crippen molar-refractivity contribution in [3.63, 3.8) is 0 Å². The number of tetrazole rings is 1. The van der Waals surface area contributed by atoms with Gasteiger partial charge < -0.3 is 4.90 Å². The van der Waals surface area contributed by atoms with Gasteiger partial charge in [-0.1, -0.05) is 25.6 Å². The Balaban J connectivity index is 1.44. The summed E-state index contributed by atoms with van der Waals surface area (Å²) in [7, 11) is 0. The Morgan fingerprint density at radius 3 is 2.64 bits per heavy atom. The molecule has 22 heavy (non-hydrogen) atoms. The SMILES string of the molecule is CC(C)CN1CCN(C(=O)CSc2nnnn2C2CC2)CC1. The average molecular weight is 324 g/mol. The first-order chi connectivity index (χ1) is 10.6. The van der Waals surface area contributed by atoms with Crippen molar-refractivity contribution >= 4 is 17.7 Å². The van der Waals surface area contributed by atoms with E-state index in [1.807, 2.05) is 9.58 Å². The molecule has 122 valence electrons. The van der Waals surface area contributed by atoms with Gasteiger partial charge in [-0.25, -0.2) is 4.68 Å². The van der Waals surface area contributed by atoms with Crippen molar-refractivity contribution in [2.45, 2.75) is 37.9 Å². The van der Waals surface area contributed by atoms with Gasteiger partial charge in [0.2, 0.25) is 11.1 Å². The molecule has 1 amide bonds. The van der Waals surface area contributed by atoms with E-state index in [-0.39, 0.29) is 5.91 Å². The van der Waals surface area contributed by atoms with Crippen molar-refractivity contribution in [1.29, 1.82) is 0 Å². The molecule has 0 unspecified atom stereocenters. The lowest BCUT2D eigenvalue weighted by Gasteiger charge is -2.35. The molecule has 1 aliphatic heterocycles. The third kappa shape index (κ3) is 3.98. The number of piperazine rings is 1. The quantitative estimate of drug-likeness (QED) is 0.724. The molecule has 0 N–H and O–H groups in total. The maximum absolute atomic E-state index is 12.3. The summed E-state index contributed by atoms with van der Waals surface area (Å²) in [5.41, 5.74) is 0. The van der Waals surface area contributed by atoms with Crippen molar-refractivity contribution < 1.29 is 4.79 Å². The summed E-state index contributed by atoms with van der Waals surface area (Å²) in [5, 5.41) is 12.5. The van der Waals surface area contributed by atoms with E-state index >= 15 is 0 Å². The van der Waals surface area contributed by atoms with Crippen LogP contribution in [0.1, 0.15) is 32.7 Å². The highest BCUT2D eigenvalue weighted by atomic mass is 32.2. The van der Waals surface area contributed by atoms with Crippen LogP contribution in [0.25, 0.3) is 0 Å². The highest BCUT2D eigenvalue weighted by Crippen LogP contribution is 2.36. The summed E-state index contributed by atoms with van der Waals surface area (Å²) in [4.78, 5) is 16.7. The van der Waals surface area contributed by atoms with Crippen LogP contribution in [-0.4, -0.2) is 74.4 Å². The second-order valence-electron chi connectivity index (χ2n) is 6.50. The Kier molecular flexibility index (Phi) is 4.97. The molecule has 2 heterocycles. The van der Waals surface area contributed by atoms with E-state index in [1.54, 1.807) is 0 Å². The van der Waals surface area contributed by atoms with Crippen LogP contribution in [0.15, 0.2) is 5.16 Å². The molecular weight excluding hydrogens is 300 g/mol. The number of nitrogens with zero attached hydrogens (tertiary/aromatic N) is 6. The summed E-state index contributed by atoms with van der Waals surface area (Å²) in [5.74, 6) is 1.30. The Hall–Kier alpha value is -1.15. The smallest absolute Gasteiger partial charge is 0.233 e. The zero-order valence-corrected chi connectivity index (χ0v) is 14.1. The van der Waals surface area contributed by atoms with Crippen molar-refractivity contribution in [3.8, 4) is 0 Å². The topological polar surface area (TPSA) is 67.2 Å². The van der Waals surface area contributed by atoms with Gasteiger partial charge in [0.05, 0.1) is 11.8 Å². The number of hydrogen-bond acceptors (Lipinski definition) is 6. The summed E-state index contributed by atoms with van der Waals surface area (Å²) in [6, 6.07) is 0.451. The summed E-state index contributed by atoms with van der Waals surface area (Å²) in [6.45, 7) is 9.21. The standard InChI is InChI=1S/C14H24N6OS/c1-11(2)9-18-5-7-19(8-6-18)13(21)10-22-14-15-16-17-20(14)12-3-4-12/h11-12H,3-10H2,1-2H3. The highest BCUT2D eigenvalue weighted by molar-refractivity contribution is 7.99. The van der Waals surface area contributed by atoms with Gasteiger partial charge in [0.1, 0.15) is 0 Å². The molecule has 1 aromatic rings. The average Bonchev–Trinajstić information content (AvgIpc) is 3.23. The fourth-order valence-corrected chi connectivity index (χ4v) is 3.59. The van der Waals surface area contributed by atoms with Crippen LogP contribution in [0.3, 0.4) is 0 Å². The Morgan fingerprint density at radius 1 is 1.27 bits per heavy atom. The fourth-order valence-electron chi connectivity index (χ4n) is 2.74. The molecule has 1 saturated carbocycles. The zero-order valence-electron chi connectivity index (χ0n) is 13.3. The van der Waals surface area contributed by atoms with E-state index in [0.29, 0.717) is 17.7 Å². The first-order valence-corrected chi connectivity index (χ1v) is 9.03. The third-order valence-corrected chi connectivity index (χ3v) is 4.95. The van der Waals surface area contributed by atoms with Crippen molar-refractivity contribution in [2.75, 3.05) is 38.5 Å². The van der Waals surface area contributed by atoms with Crippen molar-refractivity contribution in [2.24, 2.45) is 5.92 Å².